The number of aromatic nitrogens is 3. The Morgan fingerprint density at radius 2 is 1.88 bits per heavy atom. The van der Waals surface area contributed by atoms with E-state index in [1.807, 2.05) is 19.9 Å². The maximum Gasteiger partial charge on any atom is 0.335 e. The van der Waals surface area contributed by atoms with E-state index in [4.69, 9.17) is 5.11 Å². The molecule has 0 unspecified atom stereocenters. The normalized spacial score (nSPS) is 10.5. The summed E-state index contributed by atoms with van der Waals surface area (Å²) >= 11 is 0. The largest absolute Gasteiger partial charge is 0.478 e. The number of aromatic carboxylic acids is 1. The molecule has 1 N–H and O–H groups in total. The van der Waals surface area contributed by atoms with E-state index in [1.165, 1.54) is 12.1 Å². The number of hydrogen-bond donors (Lipinski definition) is 1. The van der Waals surface area contributed by atoms with Crippen LogP contribution in [-0.4, -0.2) is 25.8 Å². The number of nitrogens with zero attached hydrogens (tertiary/aromatic N) is 3. The second-order valence-electron chi connectivity index (χ2n) is 4.00. The Kier molecular flexibility index (Phi) is 2.67. The van der Waals surface area contributed by atoms with Crippen molar-refractivity contribution in [3.63, 3.8) is 0 Å². The van der Waals surface area contributed by atoms with Crippen LogP contribution < -0.4 is 0 Å². The van der Waals surface area contributed by atoms with Gasteiger partial charge in [-0.2, -0.15) is 5.10 Å². The molecule has 0 atom stereocenters. The van der Waals surface area contributed by atoms with Crippen LogP contribution in [0.1, 0.15) is 27.4 Å². The highest BCUT2D eigenvalue weighted by molar-refractivity contribution is 5.88. The summed E-state index contributed by atoms with van der Waals surface area (Å²) < 4.78 is 1.65. The van der Waals surface area contributed by atoms with Crippen LogP contribution in [0.15, 0.2) is 18.2 Å². The van der Waals surface area contributed by atoms with Crippen molar-refractivity contribution in [2.75, 3.05) is 0 Å². The number of carboxylic acid groups (broad SMARTS) is 1. The molecule has 0 aliphatic heterocycles. The van der Waals surface area contributed by atoms with Gasteiger partial charge in [-0.25, -0.2) is 14.5 Å². The topological polar surface area (TPSA) is 68.0 Å². The molecule has 5 heteroatoms. The molecule has 0 radical (unpaired) electrons. The van der Waals surface area contributed by atoms with Gasteiger partial charge in [-0.1, -0.05) is 0 Å². The van der Waals surface area contributed by atoms with Crippen LogP contribution >= 0.6 is 0 Å². The van der Waals surface area contributed by atoms with E-state index in [1.54, 1.807) is 11.6 Å². The summed E-state index contributed by atoms with van der Waals surface area (Å²) in [5, 5.41) is 13.3. The third-order valence-electron chi connectivity index (χ3n) is 2.41. The van der Waals surface area contributed by atoms with Crippen LogP contribution in [0.25, 0.3) is 5.82 Å². The van der Waals surface area contributed by atoms with E-state index in [0.717, 1.165) is 11.4 Å². The predicted octanol–water partition coefficient (Wildman–Crippen LogP) is 1.89. The lowest BCUT2D eigenvalue weighted by atomic mass is 10.2. The Hall–Kier alpha value is -2.17. The summed E-state index contributed by atoms with van der Waals surface area (Å²) in [6, 6.07) is 4.98. The lowest BCUT2D eigenvalue weighted by Gasteiger charge is -2.06. The Labute approximate surface area is 98.7 Å². The summed E-state index contributed by atoms with van der Waals surface area (Å²) in [6.45, 7) is 5.56. The minimum absolute atomic E-state index is 0.222. The van der Waals surface area contributed by atoms with E-state index in [0.29, 0.717) is 11.5 Å². The van der Waals surface area contributed by atoms with Gasteiger partial charge in [0.15, 0.2) is 5.82 Å². The molecule has 0 fully saturated rings. The van der Waals surface area contributed by atoms with Crippen LogP contribution in [0.3, 0.4) is 0 Å². The quantitative estimate of drug-likeness (QED) is 0.857. The average Bonchev–Trinajstić information content (AvgIpc) is 2.57. The first kappa shape index (κ1) is 11.3. The van der Waals surface area contributed by atoms with Gasteiger partial charge in [0.25, 0.3) is 0 Å². The van der Waals surface area contributed by atoms with Crippen LogP contribution in [0.4, 0.5) is 0 Å². The van der Waals surface area contributed by atoms with Crippen molar-refractivity contribution in [3.8, 4) is 5.82 Å². The first-order chi connectivity index (χ1) is 7.97. The third-order valence-corrected chi connectivity index (χ3v) is 2.41. The zero-order valence-electron chi connectivity index (χ0n) is 9.93. The fourth-order valence-corrected chi connectivity index (χ4v) is 1.74. The van der Waals surface area contributed by atoms with Crippen LogP contribution in [0.5, 0.6) is 0 Å². The van der Waals surface area contributed by atoms with Crippen molar-refractivity contribution in [2.45, 2.75) is 20.8 Å². The summed E-state index contributed by atoms with van der Waals surface area (Å²) in [7, 11) is 0. The number of aryl methyl sites for hydroxylation is 3. The molecule has 5 nitrogen and oxygen atoms in total. The zero-order valence-corrected chi connectivity index (χ0v) is 9.93. The highest BCUT2D eigenvalue weighted by Gasteiger charge is 2.10. The van der Waals surface area contributed by atoms with E-state index >= 15 is 0 Å². The van der Waals surface area contributed by atoms with Crippen molar-refractivity contribution in [1.29, 1.82) is 0 Å². The first-order valence-corrected chi connectivity index (χ1v) is 5.23. The van der Waals surface area contributed by atoms with Gasteiger partial charge in [-0.3, -0.25) is 0 Å². The lowest BCUT2D eigenvalue weighted by Crippen LogP contribution is -2.06. The van der Waals surface area contributed by atoms with E-state index in [9.17, 15) is 4.79 Å². The van der Waals surface area contributed by atoms with Gasteiger partial charge in [0.05, 0.1) is 11.3 Å². The Morgan fingerprint density at radius 1 is 1.18 bits per heavy atom. The number of hydrogen-bond acceptors (Lipinski definition) is 3. The van der Waals surface area contributed by atoms with E-state index < -0.39 is 5.97 Å². The van der Waals surface area contributed by atoms with Crippen LogP contribution in [0.2, 0.25) is 0 Å². The Balaban J connectivity index is 2.59. The molecular formula is C12H13N3O2. The molecule has 17 heavy (non-hydrogen) atoms. The SMILES string of the molecule is Cc1cc(C(=O)O)cc(-n2nc(C)cc2C)n1. The minimum Gasteiger partial charge on any atom is -0.478 e. The molecule has 0 bridgehead atoms. The summed E-state index contributed by atoms with van der Waals surface area (Å²) in [6.07, 6.45) is 0. The summed E-state index contributed by atoms with van der Waals surface area (Å²) in [5.41, 5.74) is 2.69. The fraction of sp³-hybridized carbons (Fsp3) is 0.250. The monoisotopic (exact) mass is 231 g/mol. The van der Waals surface area contributed by atoms with Gasteiger partial charge < -0.3 is 5.11 Å². The third kappa shape index (κ3) is 2.18. The fourth-order valence-electron chi connectivity index (χ4n) is 1.74. The summed E-state index contributed by atoms with van der Waals surface area (Å²) in [5.74, 6) is -0.425. The highest BCUT2D eigenvalue weighted by atomic mass is 16.4. The molecule has 2 heterocycles. The molecule has 0 saturated heterocycles. The van der Waals surface area contributed by atoms with Gasteiger partial charge in [-0.15, -0.1) is 0 Å². The lowest BCUT2D eigenvalue weighted by molar-refractivity contribution is 0.0696. The molecule has 0 aliphatic rings. The molecule has 2 aromatic heterocycles. The number of rotatable bonds is 2. The second-order valence-corrected chi connectivity index (χ2v) is 4.00. The molecule has 88 valence electrons. The van der Waals surface area contributed by atoms with E-state index in [-0.39, 0.29) is 5.56 Å². The highest BCUT2D eigenvalue weighted by Crippen LogP contribution is 2.13. The smallest absolute Gasteiger partial charge is 0.335 e. The zero-order chi connectivity index (χ0) is 12.6. The first-order valence-electron chi connectivity index (χ1n) is 5.23. The minimum atomic E-state index is -0.960. The summed E-state index contributed by atoms with van der Waals surface area (Å²) in [4.78, 5) is 15.3. The molecule has 0 spiro atoms. The Morgan fingerprint density at radius 3 is 2.41 bits per heavy atom. The molecule has 0 amide bonds. The van der Waals surface area contributed by atoms with Crippen molar-refractivity contribution >= 4 is 5.97 Å². The number of carbonyl (C=O) groups is 1. The standard InChI is InChI=1S/C12H13N3O2/c1-7-5-10(12(16)17)6-11(13-7)15-9(3)4-8(2)14-15/h4-6H,1-3H3,(H,16,17). The van der Waals surface area contributed by atoms with Crippen molar-refractivity contribution < 1.29 is 9.90 Å². The maximum atomic E-state index is 11.0. The predicted molar refractivity (Wildman–Crippen MR) is 62.5 cm³/mol. The van der Waals surface area contributed by atoms with Crippen molar-refractivity contribution in [3.05, 3.63) is 40.8 Å². The van der Waals surface area contributed by atoms with Crippen LogP contribution in [-0.2, 0) is 0 Å². The number of pyridine rings is 1. The average molecular weight is 231 g/mol. The van der Waals surface area contributed by atoms with Gasteiger partial charge >= 0.3 is 5.97 Å². The van der Waals surface area contributed by atoms with Crippen LogP contribution in [0, 0.1) is 20.8 Å². The second kappa shape index (κ2) is 4.01. The van der Waals surface area contributed by atoms with Crippen molar-refractivity contribution in [2.24, 2.45) is 0 Å². The van der Waals surface area contributed by atoms with Crippen molar-refractivity contribution in [1.82, 2.24) is 14.8 Å². The van der Waals surface area contributed by atoms with Gasteiger partial charge in [0.1, 0.15) is 0 Å². The molecule has 0 aromatic carbocycles. The Bertz CT molecular complexity index is 587. The van der Waals surface area contributed by atoms with Gasteiger partial charge in [0, 0.05) is 11.4 Å². The van der Waals surface area contributed by atoms with E-state index in [2.05, 4.69) is 10.1 Å². The molecule has 0 saturated carbocycles. The molecule has 2 rings (SSSR count). The van der Waals surface area contributed by atoms with Gasteiger partial charge in [-0.05, 0) is 39.0 Å². The molecular weight excluding hydrogens is 218 g/mol. The number of carboxylic acids is 1. The van der Waals surface area contributed by atoms with Gasteiger partial charge in [0.2, 0.25) is 0 Å². The molecule has 0 aliphatic carbocycles. The molecule has 2 aromatic rings. The maximum absolute atomic E-state index is 11.0.